The molecule has 1 saturated heterocycles. The number of nitrogens with two attached hydrogens (primary N) is 1. The summed E-state index contributed by atoms with van der Waals surface area (Å²) in [6.45, 7) is -0.182. The second-order valence-electron chi connectivity index (χ2n) is 7.99. The Balaban J connectivity index is 3.45. The number of rotatable bonds is 12. The zero-order valence-electron chi connectivity index (χ0n) is 19.0. The lowest BCUT2D eigenvalue weighted by molar-refractivity contribution is -0.303. The van der Waals surface area contributed by atoms with Crippen molar-refractivity contribution >= 4 is 24.1 Å². The summed E-state index contributed by atoms with van der Waals surface area (Å²) in [5.74, 6) is -6.48. The van der Waals surface area contributed by atoms with Gasteiger partial charge in [-0.05, 0) is 0 Å². The molecule has 35 heavy (non-hydrogen) atoms. The van der Waals surface area contributed by atoms with Gasteiger partial charge in [-0.1, -0.05) is 0 Å². The number of hydrogen-bond donors (Lipinski definition) is 9. The number of nitrogens with one attached hydrogen (secondary N) is 1. The lowest BCUT2D eigenvalue weighted by Crippen LogP contribution is -2.67. The Morgan fingerprint density at radius 2 is 1.71 bits per heavy atom. The first-order chi connectivity index (χ1) is 16.2. The summed E-state index contributed by atoms with van der Waals surface area (Å²) < 4.78 is 15.4. The van der Waals surface area contributed by atoms with E-state index in [1.54, 1.807) is 0 Å². The molecule has 1 amide bonds. The molecule has 0 saturated carbocycles. The molecule has 0 aromatic carbocycles. The van der Waals surface area contributed by atoms with Crippen LogP contribution in [0.3, 0.4) is 0 Å². The average molecular weight is 512 g/mol. The standard InChI is InChI=1S/C19H32N2O14/c1-7(25)21-9(4-22)16(14(30)11(28)5-23)33-18(32)19(34-8(2)26)3-10(27)13(20)17(35-19)15(31)12(29)6-24/h4,9-17,23-24,27-31H,3,5-6,20H2,1-2H3,(H,21,25)/t9-,10+,11-,12-,13-,14-,15-,16-,17-,19+/m1/s1. The third kappa shape index (κ3) is 7.60. The number of aldehydes is 1. The van der Waals surface area contributed by atoms with Gasteiger partial charge in [0.15, 0.2) is 6.10 Å². The molecule has 202 valence electrons. The molecule has 16 heteroatoms. The number of carbonyl (C=O) groups is 4. The van der Waals surface area contributed by atoms with E-state index in [1.807, 2.05) is 0 Å². The molecule has 1 fully saturated rings. The van der Waals surface area contributed by atoms with Crippen LogP contribution in [0.5, 0.6) is 0 Å². The summed E-state index contributed by atoms with van der Waals surface area (Å²) in [7, 11) is 0. The molecule has 0 radical (unpaired) electrons. The first-order valence-corrected chi connectivity index (χ1v) is 10.4. The van der Waals surface area contributed by atoms with Crippen LogP contribution in [0.4, 0.5) is 0 Å². The zero-order valence-corrected chi connectivity index (χ0v) is 19.0. The SMILES string of the molecule is CC(=O)N[C@H](C=O)[C@@H](OC(=O)[C@]1(OC(C)=O)C[C@H](O)[C@@H](N)[C@H]([C@H](O)[C@H](O)CO)O1)[C@H](O)[C@H](O)CO. The number of ether oxygens (including phenoxy) is 3. The molecular formula is C19H32N2O14. The maximum absolute atomic E-state index is 13.2. The number of hydrogen-bond acceptors (Lipinski definition) is 15. The van der Waals surface area contributed by atoms with E-state index in [1.165, 1.54) is 0 Å². The van der Waals surface area contributed by atoms with Gasteiger partial charge in [0, 0.05) is 13.8 Å². The number of carbonyl (C=O) groups excluding carboxylic acids is 4. The number of aliphatic hydroxyl groups excluding tert-OH is 7. The third-order valence-electron chi connectivity index (χ3n) is 5.20. The van der Waals surface area contributed by atoms with Gasteiger partial charge in [0.1, 0.15) is 42.8 Å². The summed E-state index contributed by atoms with van der Waals surface area (Å²) >= 11 is 0. The summed E-state index contributed by atoms with van der Waals surface area (Å²) in [5, 5.41) is 70.9. The van der Waals surface area contributed by atoms with Gasteiger partial charge in [-0.15, -0.1) is 0 Å². The van der Waals surface area contributed by atoms with Gasteiger partial charge in [-0.3, -0.25) is 9.59 Å². The Kier molecular flexibility index (Phi) is 11.5. The van der Waals surface area contributed by atoms with E-state index in [0.717, 1.165) is 13.8 Å². The maximum Gasteiger partial charge on any atom is 0.380 e. The molecule has 0 spiro atoms. The molecule has 10 atom stereocenters. The molecule has 0 aromatic rings. The lowest BCUT2D eigenvalue weighted by Gasteiger charge is -2.45. The van der Waals surface area contributed by atoms with Crippen molar-refractivity contribution in [1.82, 2.24) is 5.32 Å². The van der Waals surface area contributed by atoms with E-state index in [4.69, 9.17) is 30.2 Å². The van der Waals surface area contributed by atoms with E-state index < -0.39 is 98.1 Å². The van der Waals surface area contributed by atoms with Crippen LogP contribution in [-0.2, 0) is 33.4 Å². The molecule has 1 rings (SSSR count). The Morgan fingerprint density at radius 1 is 1.14 bits per heavy atom. The predicted octanol–water partition coefficient (Wildman–Crippen LogP) is -6.23. The fourth-order valence-electron chi connectivity index (χ4n) is 3.40. The minimum atomic E-state index is -2.85. The van der Waals surface area contributed by atoms with Gasteiger partial charge >= 0.3 is 17.7 Å². The average Bonchev–Trinajstić information content (AvgIpc) is 2.80. The van der Waals surface area contributed by atoms with Crippen molar-refractivity contribution in [3.8, 4) is 0 Å². The van der Waals surface area contributed by atoms with Crippen molar-refractivity contribution in [2.75, 3.05) is 13.2 Å². The highest BCUT2D eigenvalue weighted by Gasteiger charge is 2.57. The van der Waals surface area contributed by atoms with Crippen molar-refractivity contribution in [1.29, 1.82) is 0 Å². The number of amides is 1. The normalized spacial score (nSPS) is 29.6. The quantitative estimate of drug-likeness (QED) is 0.0868. The van der Waals surface area contributed by atoms with E-state index in [9.17, 15) is 44.7 Å². The van der Waals surface area contributed by atoms with Gasteiger partial charge in [0.25, 0.3) is 0 Å². The minimum Gasteiger partial charge on any atom is -0.452 e. The third-order valence-corrected chi connectivity index (χ3v) is 5.20. The fourth-order valence-corrected chi connectivity index (χ4v) is 3.40. The van der Waals surface area contributed by atoms with Crippen molar-refractivity contribution < 1.29 is 69.1 Å². The highest BCUT2D eigenvalue weighted by atomic mass is 16.8. The summed E-state index contributed by atoms with van der Waals surface area (Å²) in [6, 6.07) is -3.22. The van der Waals surface area contributed by atoms with Gasteiger partial charge < -0.3 is 65.8 Å². The van der Waals surface area contributed by atoms with Crippen LogP contribution in [-0.4, -0.2) is 134 Å². The Morgan fingerprint density at radius 3 is 2.17 bits per heavy atom. The molecule has 0 bridgehead atoms. The van der Waals surface area contributed by atoms with Crippen molar-refractivity contribution in [3.05, 3.63) is 0 Å². The molecule has 0 aliphatic carbocycles. The van der Waals surface area contributed by atoms with Crippen LogP contribution >= 0.6 is 0 Å². The number of aliphatic hydroxyl groups is 7. The van der Waals surface area contributed by atoms with E-state index in [0.29, 0.717) is 0 Å². The van der Waals surface area contributed by atoms with E-state index in [2.05, 4.69) is 5.32 Å². The molecule has 0 aromatic heterocycles. The first kappa shape index (κ1) is 30.8. The van der Waals surface area contributed by atoms with Gasteiger partial charge in [-0.25, -0.2) is 4.79 Å². The highest BCUT2D eigenvalue weighted by molar-refractivity contribution is 5.83. The smallest absolute Gasteiger partial charge is 0.380 e. The van der Waals surface area contributed by atoms with Gasteiger partial charge in [-0.2, -0.15) is 0 Å². The van der Waals surface area contributed by atoms with Crippen LogP contribution < -0.4 is 11.1 Å². The van der Waals surface area contributed by atoms with Crippen LogP contribution in [0, 0.1) is 0 Å². The highest BCUT2D eigenvalue weighted by Crippen LogP contribution is 2.34. The topological polar surface area (TPSA) is 276 Å². The molecular weight excluding hydrogens is 480 g/mol. The molecule has 0 unspecified atom stereocenters. The Labute approximate surface area is 199 Å². The van der Waals surface area contributed by atoms with E-state index >= 15 is 0 Å². The largest absolute Gasteiger partial charge is 0.452 e. The summed E-state index contributed by atoms with van der Waals surface area (Å²) in [5.41, 5.74) is 5.78. The van der Waals surface area contributed by atoms with Gasteiger partial charge in [0.05, 0.1) is 31.8 Å². The summed E-state index contributed by atoms with van der Waals surface area (Å²) in [4.78, 5) is 48.0. The van der Waals surface area contributed by atoms with Crippen LogP contribution in [0.1, 0.15) is 20.3 Å². The number of esters is 2. The second kappa shape index (κ2) is 13.1. The first-order valence-electron chi connectivity index (χ1n) is 10.4. The van der Waals surface area contributed by atoms with Crippen molar-refractivity contribution in [3.63, 3.8) is 0 Å². The van der Waals surface area contributed by atoms with Crippen molar-refractivity contribution in [2.45, 2.75) is 80.9 Å². The predicted molar refractivity (Wildman–Crippen MR) is 110 cm³/mol. The molecule has 16 nitrogen and oxygen atoms in total. The molecule has 10 N–H and O–H groups in total. The fraction of sp³-hybridized carbons (Fsp3) is 0.789. The second-order valence-corrected chi connectivity index (χ2v) is 7.99. The van der Waals surface area contributed by atoms with Gasteiger partial charge in [0.2, 0.25) is 5.91 Å². The lowest BCUT2D eigenvalue weighted by atomic mass is 9.89. The van der Waals surface area contributed by atoms with Crippen LogP contribution in [0.2, 0.25) is 0 Å². The van der Waals surface area contributed by atoms with E-state index in [-0.39, 0.29) is 6.29 Å². The summed E-state index contributed by atoms with van der Waals surface area (Å²) in [6.07, 6.45) is -14.4. The Bertz CT molecular complexity index is 753. The minimum absolute atomic E-state index is 0.0574. The molecule has 1 aliphatic heterocycles. The zero-order chi connectivity index (χ0) is 27.1. The molecule has 1 aliphatic rings. The maximum atomic E-state index is 13.2. The van der Waals surface area contributed by atoms with Crippen LogP contribution in [0.25, 0.3) is 0 Å². The molecule has 1 heterocycles. The van der Waals surface area contributed by atoms with Crippen molar-refractivity contribution in [2.24, 2.45) is 5.73 Å². The monoisotopic (exact) mass is 512 g/mol. The Hall–Kier alpha value is -2.28. The van der Waals surface area contributed by atoms with Crippen LogP contribution in [0.15, 0.2) is 0 Å².